The van der Waals surface area contributed by atoms with Crippen LogP contribution in [0.4, 0.5) is 5.69 Å². The largest absolute Gasteiger partial charge is 0.493 e. The van der Waals surface area contributed by atoms with Crippen molar-refractivity contribution in [1.29, 1.82) is 5.26 Å². The third-order valence-corrected chi connectivity index (χ3v) is 5.37. The lowest BCUT2D eigenvalue weighted by atomic mass is 10.1. The number of morpholine rings is 1. The van der Waals surface area contributed by atoms with Crippen molar-refractivity contribution in [3.8, 4) is 17.6 Å². The van der Waals surface area contributed by atoms with Crippen LogP contribution in [0.15, 0.2) is 42.0 Å². The standard InChI is InChI=1S/C23H23Cl2N3O4/c1-30-22-13-16(2-5-21(22)32-11-8-28-6-9-31-10-7-28)12-17(15-26)23(29)27-20-14-18(24)3-4-19(20)25/h2-5,12-14H,6-11H2,1H3,(H,27,29). The molecule has 0 aromatic heterocycles. The number of halogens is 2. The summed E-state index contributed by atoms with van der Waals surface area (Å²) in [7, 11) is 1.54. The van der Waals surface area contributed by atoms with Gasteiger partial charge in [-0.1, -0.05) is 29.3 Å². The smallest absolute Gasteiger partial charge is 0.266 e. The summed E-state index contributed by atoms with van der Waals surface area (Å²) < 4.78 is 16.6. The van der Waals surface area contributed by atoms with Crippen molar-refractivity contribution < 1.29 is 19.0 Å². The second-order valence-corrected chi connectivity index (χ2v) is 7.80. The molecule has 1 aliphatic rings. The first-order valence-corrected chi connectivity index (χ1v) is 10.7. The van der Waals surface area contributed by atoms with Crippen LogP contribution in [-0.2, 0) is 9.53 Å². The summed E-state index contributed by atoms with van der Waals surface area (Å²) in [5.41, 5.74) is 0.849. The maximum Gasteiger partial charge on any atom is 0.266 e. The highest BCUT2D eigenvalue weighted by Crippen LogP contribution is 2.29. The number of benzene rings is 2. The van der Waals surface area contributed by atoms with Crippen LogP contribution in [0.1, 0.15) is 5.56 Å². The number of methoxy groups -OCH3 is 1. The Morgan fingerprint density at radius 3 is 2.72 bits per heavy atom. The lowest BCUT2D eigenvalue weighted by Gasteiger charge is -2.26. The minimum Gasteiger partial charge on any atom is -0.493 e. The molecule has 168 valence electrons. The Balaban J connectivity index is 1.68. The van der Waals surface area contributed by atoms with E-state index in [9.17, 15) is 10.1 Å². The lowest BCUT2D eigenvalue weighted by Crippen LogP contribution is -2.38. The van der Waals surface area contributed by atoms with E-state index in [-0.39, 0.29) is 5.57 Å². The molecule has 0 aliphatic carbocycles. The monoisotopic (exact) mass is 475 g/mol. The number of nitrogens with one attached hydrogen (secondary N) is 1. The van der Waals surface area contributed by atoms with Crippen molar-refractivity contribution in [3.63, 3.8) is 0 Å². The van der Waals surface area contributed by atoms with Gasteiger partial charge in [0.1, 0.15) is 18.2 Å². The average Bonchev–Trinajstić information content (AvgIpc) is 2.81. The van der Waals surface area contributed by atoms with Crippen molar-refractivity contribution in [2.24, 2.45) is 0 Å². The SMILES string of the molecule is COc1cc(C=C(C#N)C(=O)Nc2cc(Cl)ccc2Cl)ccc1OCCN1CCOCC1. The number of carbonyl (C=O) groups is 1. The summed E-state index contributed by atoms with van der Waals surface area (Å²) in [6.45, 7) is 4.56. The zero-order valence-electron chi connectivity index (χ0n) is 17.6. The molecule has 1 fully saturated rings. The van der Waals surface area contributed by atoms with E-state index in [0.29, 0.717) is 39.4 Å². The van der Waals surface area contributed by atoms with Gasteiger partial charge in [0.2, 0.25) is 0 Å². The van der Waals surface area contributed by atoms with Gasteiger partial charge in [0.05, 0.1) is 31.0 Å². The van der Waals surface area contributed by atoms with Gasteiger partial charge in [-0.2, -0.15) is 5.26 Å². The lowest BCUT2D eigenvalue weighted by molar-refractivity contribution is -0.112. The van der Waals surface area contributed by atoms with Gasteiger partial charge in [-0.15, -0.1) is 0 Å². The number of amides is 1. The van der Waals surface area contributed by atoms with E-state index in [4.69, 9.17) is 37.4 Å². The number of nitriles is 1. The Morgan fingerprint density at radius 2 is 2.00 bits per heavy atom. The molecule has 1 amide bonds. The molecule has 1 N–H and O–H groups in total. The second kappa shape index (κ2) is 11.7. The van der Waals surface area contributed by atoms with E-state index in [0.717, 1.165) is 32.8 Å². The molecule has 2 aromatic rings. The molecule has 1 aliphatic heterocycles. The molecule has 3 rings (SSSR count). The maximum absolute atomic E-state index is 12.6. The number of carbonyl (C=O) groups excluding carboxylic acids is 1. The zero-order valence-corrected chi connectivity index (χ0v) is 19.1. The van der Waals surface area contributed by atoms with Crippen LogP contribution in [0, 0.1) is 11.3 Å². The summed E-state index contributed by atoms with van der Waals surface area (Å²) in [6, 6.07) is 11.8. The quantitative estimate of drug-likeness (QED) is 0.453. The molecule has 0 radical (unpaired) electrons. The molecular formula is C23H23Cl2N3O4. The van der Waals surface area contributed by atoms with Crippen molar-refractivity contribution in [2.45, 2.75) is 0 Å². The first-order valence-electron chi connectivity index (χ1n) is 9.99. The molecule has 0 saturated carbocycles. The summed E-state index contributed by atoms with van der Waals surface area (Å²) in [5.74, 6) is 0.504. The van der Waals surface area contributed by atoms with Gasteiger partial charge in [0, 0.05) is 24.7 Å². The molecule has 7 nitrogen and oxygen atoms in total. The van der Waals surface area contributed by atoms with Crippen LogP contribution in [0.25, 0.3) is 6.08 Å². The normalized spacial score (nSPS) is 14.5. The second-order valence-electron chi connectivity index (χ2n) is 6.96. The molecule has 32 heavy (non-hydrogen) atoms. The fourth-order valence-corrected chi connectivity index (χ4v) is 3.44. The number of rotatable bonds is 8. The van der Waals surface area contributed by atoms with E-state index >= 15 is 0 Å². The molecule has 2 aromatic carbocycles. The third kappa shape index (κ3) is 6.62. The van der Waals surface area contributed by atoms with Gasteiger partial charge in [-0.25, -0.2) is 0 Å². The van der Waals surface area contributed by atoms with Gasteiger partial charge in [-0.05, 0) is 42.0 Å². The minimum absolute atomic E-state index is 0.0934. The first kappa shape index (κ1) is 23.9. The number of hydrogen-bond donors (Lipinski definition) is 1. The molecule has 0 unspecified atom stereocenters. The first-order chi connectivity index (χ1) is 15.5. The molecule has 1 saturated heterocycles. The molecule has 0 spiro atoms. The Morgan fingerprint density at radius 1 is 1.22 bits per heavy atom. The highest BCUT2D eigenvalue weighted by atomic mass is 35.5. The summed E-state index contributed by atoms with van der Waals surface area (Å²) in [4.78, 5) is 14.8. The zero-order chi connectivity index (χ0) is 22.9. The molecule has 1 heterocycles. The number of ether oxygens (including phenoxy) is 3. The third-order valence-electron chi connectivity index (χ3n) is 4.81. The average molecular weight is 476 g/mol. The number of nitrogens with zero attached hydrogens (tertiary/aromatic N) is 2. The van der Waals surface area contributed by atoms with Crippen molar-refractivity contribution >= 4 is 40.9 Å². The maximum atomic E-state index is 12.6. The van der Waals surface area contributed by atoms with E-state index in [1.165, 1.54) is 19.3 Å². The van der Waals surface area contributed by atoms with Crippen LogP contribution in [0.2, 0.25) is 10.0 Å². The van der Waals surface area contributed by atoms with Gasteiger partial charge < -0.3 is 19.5 Å². The van der Waals surface area contributed by atoms with E-state index < -0.39 is 5.91 Å². The summed E-state index contributed by atoms with van der Waals surface area (Å²) in [6.07, 6.45) is 1.47. The number of hydrogen-bond acceptors (Lipinski definition) is 6. The van der Waals surface area contributed by atoms with Gasteiger partial charge in [0.15, 0.2) is 11.5 Å². The summed E-state index contributed by atoms with van der Waals surface area (Å²) in [5, 5.41) is 12.8. The Bertz CT molecular complexity index is 1030. The molecular weight excluding hydrogens is 453 g/mol. The predicted molar refractivity (Wildman–Crippen MR) is 124 cm³/mol. The van der Waals surface area contributed by atoms with Crippen molar-refractivity contribution in [3.05, 3.63) is 57.6 Å². The summed E-state index contributed by atoms with van der Waals surface area (Å²) >= 11 is 12.0. The van der Waals surface area contributed by atoms with E-state index in [1.54, 1.807) is 30.3 Å². The van der Waals surface area contributed by atoms with Crippen LogP contribution in [-0.4, -0.2) is 57.4 Å². The highest BCUT2D eigenvalue weighted by Gasteiger charge is 2.14. The Kier molecular flexibility index (Phi) is 8.77. The van der Waals surface area contributed by atoms with E-state index in [1.807, 2.05) is 6.07 Å². The fraction of sp³-hybridized carbons (Fsp3) is 0.304. The molecule has 9 heteroatoms. The van der Waals surface area contributed by atoms with E-state index in [2.05, 4.69) is 10.2 Å². The van der Waals surface area contributed by atoms with Gasteiger partial charge >= 0.3 is 0 Å². The van der Waals surface area contributed by atoms with Crippen molar-refractivity contribution in [2.75, 3.05) is 51.9 Å². The Labute approximate surface area is 197 Å². The molecule has 0 bridgehead atoms. The topological polar surface area (TPSA) is 83.8 Å². The van der Waals surface area contributed by atoms with Gasteiger partial charge in [-0.3, -0.25) is 9.69 Å². The van der Waals surface area contributed by atoms with Gasteiger partial charge in [0.25, 0.3) is 5.91 Å². The fourth-order valence-electron chi connectivity index (χ4n) is 3.10. The van der Waals surface area contributed by atoms with Crippen LogP contribution >= 0.6 is 23.2 Å². The predicted octanol–water partition coefficient (Wildman–Crippen LogP) is 4.26. The van der Waals surface area contributed by atoms with Crippen LogP contribution in [0.5, 0.6) is 11.5 Å². The van der Waals surface area contributed by atoms with Crippen LogP contribution in [0.3, 0.4) is 0 Å². The van der Waals surface area contributed by atoms with Crippen molar-refractivity contribution in [1.82, 2.24) is 4.90 Å². The molecule has 0 atom stereocenters. The highest BCUT2D eigenvalue weighted by molar-refractivity contribution is 6.36. The number of anilines is 1. The minimum atomic E-state index is -0.596. The van der Waals surface area contributed by atoms with Crippen LogP contribution < -0.4 is 14.8 Å². The Hall–Kier alpha value is -2.76.